The molecule has 0 atom stereocenters. The highest BCUT2D eigenvalue weighted by molar-refractivity contribution is 6.31. The molecular weight excluding hydrogens is 284 g/mol. The van der Waals surface area contributed by atoms with Crippen LogP contribution in [0.5, 0.6) is 5.75 Å². The molecule has 0 saturated carbocycles. The molecule has 0 spiro atoms. The summed E-state index contributed by atoms with van der Waals surface area (Å²) in [4.78, 5) is 12.1. The lowest BCUT2D eigenvalue weighted by Crippen LogP contribution is -2.11. The lowest BCUT2D eigenvalue weighted by Gasteiger charge is -2.11. The zero-order valence-corrected chi connectivity index (χ0v) is 13.3. The lowest BCUT2D eigenvalue weighted by atomic mass is 10.0. The minimum Gasteiger partial charge on any atom is -0.485 e. The molecule has 0 fully saturated rings. The van der Waals surface area contributed by atoms with E-state index in [1.165, 1.54) is 5.56 Å². The van der Waals surface area contributed by atoms with Gasteiger partial charge in [0.15, 0.2) is 12.4 Å². The fourth-order valence-electron chi connectivity index (χ4n) is 2.09. The van der Waals surface area contributed by atoms with Crippen molar-refractivity contribution < 1.29 is 9.53 Å². The molecule has 0 unspecified atom stereocenters. The molecule has 0 N–H and O–H groups in total. The third-order valence-electron chi connectivity index (χ3n) is 3.26. The number of benzene rings is 2. The smallest absolute Gasteiger partial charge is 0.200 e. The summed E-state index contributed by atoms with van der Waals surface area (Å²) < 4.78 is 5.64. The zero-order chi connectivity index (χ0) is 15.4. The van der Waals surface area contributed by atoms with Crippen LogP contribution < -0.4 is 4.74 Å². The summed E-state index contributed by atoms with van der Waals surface area (Å²) in [5.41, 5.74) is 2.91. The molecule has 0 radical (unpaired) electrons. The van der Waals surface area contributed by atoms with Gasteiger partial charge in [0.1, 0.15) is 5.75 Å². The first-order chi connectivity index (χ1) is 9.95. The second kappa shape index (κ2) is 6.77. The van der Waals surface area contributed by atoms with Gasteiger partial charge in [-0.15, -0.1) is 0 Å². The molecule has 2 rings (SSSR count). The number of rotatable bonds is 5. The lowest BCUT2D eigenvalue weighted by molar-refractivity contribution is 0.0921. The summed E-state index contributed by atoms with van der Waals surface area (Å²) in [7, 11) is 0. The van der Waals surface area contributed by atoms with E-state index in [9.17, 15) is 4.79 Å². The predicted octanol–water partition coefficient (Wildman–Crippen LogP) is 5.03. The Kier molecular flexibility index (Phi) is 5.03. The van der Waals surface area contributed by atoms with Gasteiger partial charge in [-0.2, -0.15) is 0 Å². The number of carbonyl (C=O) groups is 1. The largest absolute Gasteiger partial charge is 0.485 e. The van der Waals surface area contributed by atoms with Crippen LogP contribution in [0, 0.1) is 6.92 Å². The van der Waals surface area contributed by atoms with Gasteiger partial charge in [-0.05, 0) is 48.2 Å². The Morgan fingerprint density at radius 2 is 1.95 bits per heavy atom. The van der Waals surface area contributed by atoms with E-state index < -0.39 is 0 Å². The normalized spacial score (nSPS) is 10.7. The molecule has 0 aliphatic heterocycles. The summed E-state index contributed by atoms with van der Waals surface area (Å²) in [6.45, 7) is 6.31. The van der Waals surface area contributed by atoms with Gasteiger partial charge in [0.05, 0.1) is 0 Å². The van der Waals surface area contributed by atoms with Crippen LogP contribution in [0.4, 0.5) is 0 Å². The number of halogens is 1. The van der Waals surface area contributed by atoms with Gasteiger partial charge in [0.25, 0.3) is 0 Å². The second-order valence-electron chi connectivity index (χ2n) is 5.46. The van der Waals surface area contributed by atoms with Crippen LogP contribution in [0.3, 0.4) is 0 Å². The van der Waals surface area contributed by atoms with E-state index >= 15 is 0 Å². The van der Waals surface area contributed by atoms with Crippen LogP contribution >= 0.6 is 11.6 Å². The zero-order valence-electron chi connectivity index (χ0n) is 12.5. The first-order valence-corrected chi connectivity index (χ1v) is 7.36. The number of hydrogen-bond donors (Lipinski definition) is 0. The van der Waals surface area contributed by atoms with Gasteiger partial charge in [0, 0.05) is 10.6 Å². The number of ketones is 1. The number of carbonyl (C=O) groups excluding carboxylic acids is 1. The van der Waals surface area contributed by atoms with E-state index in [0.717, 1.165) is 11.3 Å². The van der Waals surface area contributed by atoms with Crippen molar-refractivity contribution >= 4 is 17.4 Å². The molecule has 3 heteroatoms. The third-order valence-corrected chi connectivity index (χ3v) is 3.49. The Hall–Kier alpha value is -1.80. The van der Waals surface area contributed by atoms with Crippen molar-refractivity contribution in [1.29, 1.82) is 0 Å². The van der Waals surface area contributed by atoms with Crippen molar-refractivity contribution in [2.45, 2.75) is 26.7 Å². The summed E-state index contributed by atoms with van der Waals surface area (Å²) in [5.74, 6) is 1.08. The van der Waals surface area contributed by atoms with Crippen LogP contribution in [0.25, 0.3) is 0 Å². The molecule has 0 aliphatic carbocycles. The Balaban J connectivity index is 2.08. The van der Waals surface area contributed by atoms with E-state index in [-0.39, 0.29) is 12.4 Å². The molecular formula is C18H19ClO2. The van der Waals surface area contributed by atoms with E-state index in [4.69, 9.17) is 16.3 Å². The Morgan fingerprint density at radius 3 is 2.62 bits per heavy atom. The molecule has 2 nitrogen and oxygen atoms in total. The van der Waals surface area contributed by atoms with Gasteiger partial charge in [-0.1, -0.05) is 43.6 Å². The standard InChI is InChI=1S/C18H19ClO2/c1-12(2)15-7-13(3)8-17(10-15)21-11-18(20)14-5-4-6-16(19)9-14/h4-10,12H,11H2,1-3H3. The second-order valence-corrected chi connectivity index (χ2v) is 5.89. The summed E-state index contributed by atoms with van der Waals surface area (Å²) in [5, 5.41) is 0.554. The number of aryl methyl sites for hydroxylation is 1. The van der Waals surface area contributed by atoms with Crippen molar-refractivity contribution in [3.63, 3.8) is 0 Å². The van der Waals surface area contributed by atoms with Crippen molar-refractivity contribution in [3.05, 3.63) is 64.2 Å². The van der Waals surface area contributed by atoms with Crippen molar-refractivity contribution in [3.8, 4) is 5.75 Å². The van der Waals surface area contributed by atoms with E-state index in [1.54, 1.807) is 24.3 Å². The monoisotopic (exact) mass is 302 g/mol. The summed E-state index contributed by atoms with van der Waals surface area (Å²) >= 11 is 5.89. The Bertz CT molecular complexity index is 647. The molecule has 2 aromatic rings. The maximum Gasteiger partial charge on any atom is 0.200 e. The highest BCUT2D eigenvalue weighted by atomic mass is 35.5. The Labute approximate surface area is 130 Å². The maximum absolute atomic E-state index is 12.1. The Morgan fingerprint density at radius 1 is 1.19 bits per heavy atom. The molecule has 0 aliphatic rings. The van der Waals surface area contributed by atoms with Crippen LogP contribution in [-0.2, 0) is 0 Å². The first kappa shape index (κ1) is 15.6. The van der Waals surface area contributed by atoms with Crippen LogP contribution in [0.2, 0.25) is 5.02 Å². The van der Waals surface area contributed by atoms with Crippen LogP contribution in [-0.4, -0.2) is 12.4 Å². The summed E-state index contributed by atoms with van der Waals surface area (Å²) in [6.07, 6.45) is 0. The molecule has 0 saturated heterocycles. The minimum absolute atomic E-state index is 0.0152. The molecule has 0 bridgehead atoms. The van der Waals surface area contributed by atoms with Crippen LogP contribution in [0.15, 0.2) is 42.5 Å². The number of ether oxygens (including phenoxy) is 1. The molecule has 2 aromatic carbocycles. The highest BCUT2D eigenvalue weighted by Crippen LogP contribution is 2.23. The van der Waals surface area contributed by atoms with E-state index in [2.05, 4.69) is 19.9 Å². The van der Waals surface area contributed by atoms with E-state index in [0.29, 0.717) is 16.5 Å². The van der Waals surface area contributed by atoms with Gasteiger partial charge in [0.2, 0.25) is 0 Å². The van der Waals surface area contributed by atoms with E-state index in [1.807, 2.05) is 19.1 Å². The highest BCUT2D eigenvalue weighted by Gasteiger charge is 2.09. The first-order valence-electron chi connectivity index (χ1n) is 6.99. The third kappa shape index (κ3) is 4.33. The van der Waals surface area contributed by atoms with Crippen LogP contribution in [0.1, 0.15) is 41.3 Å². The minimum atomic E-state index is -0.0786. The molecule has 0 aromatic heterocycles. The number of Topliss-reactive ketones (excluding diaryl/α,β-unsaturated/α-hetero) is 1. The average Bonchev–Trinajstić information content (AvgIpc) is 2.44. The van der Waals surface area contributed by atoms with Crippen molar-refractivity contribution in [1.82, 2.24) is 0 Å². The van der Waals surface area contributed by atoms with Gasteiger partial charge < -0.3 is 4.74 Å². The topological polar surface area (TPSA) is 26.3 Å². The predicted molar refractivity (Wildman–Crippen MR) is 86.5 cm³/mol. The van der Waals surface area contributed by atoms with Gasteiger partial charge in [-0.25, -0.2) is 0 Å². The fraction of sp³-hybridized carbons (Fsp3) is 0.278. The quantitative estimate of drug-likeness (QED) is 0.724. The average molecular weight is 303 g/mol. The fourth-order valence-corrected chi connectivity index (χ4v) is 2.28. The van der Waals surface area contributed by atoms with Gasteiger partial charge in [-0.3, -0.25) is 4.79 Å². The summed E-state index contributed by atoms with van der Waals surface area (Å²) in [6, 6.07) is 13.0. The number of hydrogen-bond acceptors (Lipinski definition) is 2. The maximum atomic E-state index is 12.1. The molecule has 110 valence electrons. The molecule has 0 amide bonds. The van der Waals surface area contributed by atoms with Gasteiger partial charge >= 0.3 is 0 Å². The van der Waals surface area contributed by atoms with Crippen molar-refractivity contribution in [2.75, 3.05) is 6.61 Å². The SMILES string of the molecule is Cc1cc(OCC(=O)c2cccc(Cl)c2)cc(C(C)C)c1. The molecule has 21 heavy (non-hydrogen) atoms. The van der Waals surface area contributed by atoms with Crippen molar-refractivity contribution in [2.24, 2.45) is 0 Å². The molecule has 0 heterocycles.